The topological polar surface area (TPSA) is 27.7 Å². The first kappa shape index (κ1) is 15.9. The molecule has 0 bridgehead atoms. The molecule has 0 radical (unpaired) electrons. The van der Waals surface area contributed by atoms with Gasteiger partial charge in [0.15, 0.2) is 0 Å². The molecule has 18 heavy (non-hydrogen) atoms. The van der Waals surface area contributed by atoms with E-state index in [1.807, 2.05) is 0 Å². The molecule has 4 heteroatoms. The fourth-order valence-corrected chi connectivity index (χ4v) is 2.28. The Morgan fingerprint density at radius 3 is 2.56 bits per heavy atom. The third-order valence-electron chi connectivity index (χ3n) is 3.26. The zero-order valence-corrected chi connectivity index (χ0v) is 12.6. The van der Waals surface area contributed by atoms with Gasteiger partial charge in [-0.15, -0.1) is 0 Å². The van der Waals surface area contributed by atoms with Crippen molar-refractivity contribution in [3.05, 3.63) is 0 Å². The van der Waals surface area contributed by atoms with Crippen LogP contribution in [0.25, 0.3) is 0 Å². The van der Waals surface area contributed by atoms with E-state index in [1.165, 1.54) is 6.54 Å². The summed E-state index contributed by atoms with van der Waals surface area (Å²) in [5, 5.41) is 3.40. The average molecular weight is 257 g/mol. The van der Waals surface area contributed by atoms with Gasteiger partial charge in [-0.3, -0.25) is 0 Å². The van der Waals surface area contributed by atoms with Crippen LogP contribution in [0.1, 0.15) is 20.3 Å². The summed E-state index contributed by atoms with van der Waals surface area (Å²) in [6.45, 7) is 12.1. The second-order valence-electron chi connectivity index (χ2n) is 5.98. The maximum atomic E-state index is 5.76. The molecule has 0 aromatic carbocycles. The summed E-state index contributed by atoms with van der Waals surface area (Å²) in [6, 6.07) is 0. The third kappa shape index (κ3) is 7.31. The Bertz CT molecular complexity index is 203. The Morgan fingerprint density at radius 1 is 1.22 bits per heavy atom. The summed E-state index contributed by atoms with van der Waals surface area (Å²) in [4.78, 5) is 4.83. The number of ether oxygens (including phenoxy) is 1. The van der Waals surface area contributed by atoms with Gasteiger partial charge in [-0.05, 0) is 26.4 Å². The van der Waals surface area contributed by atoms with Crippen molar-refractivity contribution in [3.8, 4) is 0 Å². The molecular formula is C14H31N3O. The van der Waals surface area contributed by atoms with Gasteiger partial charge in [0.1, 0.15) is 0 Å². The number of rotatable bonds is 8. The molecular weight excluding hydrogens is 226 g/mol. The minimum absolute atomic E-state index is 0.410. The maximum Gasteiger partial charge on any atom is 0.0712 e. The number of morpholine rings is 1. The van der Waals surface area contributed by atoms with E-state index in [-0.39, 0.29) is 0 Å². The summed E-state index contributed by atoms with van der Waals surface area (Å²) in [6.07, 6.45) is 1.56. The molecule has 0 spiro atoms. The highest BCUT2D eigenvalue weighted by molar-refractivity contribution is 4.70. The smallest absolute Gasteiger partial charge is 0.0712 e. The van der Waals surface area contributed by atoms with Crippen LogP contribution < -0.4 is 5.32 Å². The Morgan fingerprint density at radius 2 is 2.00 bits per heavy atom. The molecule has 1 fully saturated rings. The van der Waals surface area contributed by atoms with E-state index in [0.29, 0.717) is 6.10 Å². The van der Waals surface area contributed by atoms with Crippen LogP contribution in [-0.2, 0) is 4.74 Å². The number of likely N-dealkylation sites (N-methyl/N-ethyl adjacent to an activating group) is 1. The highest BCUT2D eigenvalue weighted by Crippen LogP contribution is 2.06. The van der Waals surface area contributed by atoms with Gasteiger partial charge in [-0.2, -0.15) is 0 Å². The van der Waals surface area contributed by atoms with Crippen molar-refractivity contribution >= 4 is 0 Å². The molecule has 0 saturated carbocycles. The molecule has 1 N–H and O–H groups in total. The molecule has 1 aliphatic heterocycles. The standard InChI is InChI=1S/C14H31N3O/c1-13(2)12-17(9-8-16(3)4)7-5-14-11-15-6-10-18-14/h13-15H,5-12H2,1-4H3. The van der Waals surface area contributed by atoms with E-state index in [2.05, 4.69) is 43.1 Å². The molecule has 4 nitrogen and oxygen atoms in total. The molecule has 1 atom stereocenters. The van der Waals surface area contributed by atoms with Crippen molar-refractivity contribution < 1.29 is 4.74 Å². The van der Waals surface area contributed by atoms with E-state index in [1.54, 1.807) is 0 Å². The zero-order chi connectivity index (χ0) is 13.4. The van der Waals surface area contributed by atoms with Crippen molar-refractivity contribution in [2.75, 3.05) is 60.0 Å². The van der Waals surface area contributed by atoms with Crippen molar-refractivity contribution in [3.63, 3.8) is 0 Å². The highest BCUT2D eigenvalue weighted by Gasteiger charge is 2.15. The van der Waals surface area contributed by atoms with Crippen LogP contribution in [0, 0.1) is 5.92 Å². The van der Waals surface area contributed by atoms with E-state index >= 15 is 0 Å². The Hall–Kier alpha value is -0.160. The van der Waals surface area contributed by atoms with E-state index in [4.69, 9.17) is 4.74 Å². The first-order valence-corrected chi connectivity index (χ1v) is 7.27. The van der Waals surface area contributed by atoms with Crippen LogP contribution in [0.15, 0.2) is 0 Å². The quantitative estimate of drug-likeness (QED) is 0.699. The minimum atomic E-state index is 0.410. The monoisotopic (exact) mass is 257 g/mol. The normalized spacial score (nSPS) is 21.2. The molecule has 1 unspecified atom stereocenters. The Labute approximate surface area is 113 Å². The first-order valence-electron chi connectivity index (χ1n) is 7.27. The lowest BCUT2D eigenvalue weighted by Crippen LogP contribution is -2.42. The maximum absolute atomic E-state index is 5.76. The van der Waals surface area contributed by atoms with E-state index in [0.717, 1.165) is 51.7 Å². The lowest BCUT2D eigenvalue weighted by atomic mass is 10.1. The molecule has 1 aliphatic rings. The fourth-order valence-electron chi connectivity index (χ4n) is 2.28. The van der Waals surface area contributed by atoms with Gasteiger partial charge >= 0.3 is 0 Å². The largest absolute Gasteiger partial charge is 0.376 e. The molecule has 1 saturated heterocycles. The summed E-state index contributed by atoms with van der Waals surface area (Å²) in [5.41, 5.74) is 0. The number of nitrogens with one attached hydrogen (secondary N) is 1. The van der Waals surface area contributed by atoms with Crippen LogP contribution >= 0.6 is 0 Å². The Balaban J connectivity index is 2.25. The van der Waals surface area contributed by atoms with Gasteiger partial charge in [0.05, 0.1) is 12.7 Å². The van der Waals surface area contributed by atoms with Gasteiger partial charge in [-0.1, -0.05) is 13.8 Å². The summed E-state index contributed by atoms with van der Waals surface area (Å²) >= 11 is 0. The molecule has 1 rings (SSSR count). The SMILES string of the molecule is CC(C)CN(CCC1CNCCO1)CCN(C)C. The predicted octanol–water partition coefficient (Wildman–Crippen LogP) is 0.885. The average Bonchev–Trinajstić information content (AvgIpc) is 2.33. The van der Waals surface area contributed by atoms with Crippen molar-refractivity contribution in [1.82, 2.24) is 15.1 Å². The molecule has 108 valence electrons. The van der Waals surface area contributed by atoms with Gasteiger partial charge in [0, 0.05) is 39.3 Å². The van der Waals surface area contributed by atoms with Crippen molar-refractivity contribution in [2.24, 2.45) is 5.92 Å². The fraction of sp³-hybridized carbons (Fsp3) is 1.00. The summed E-state index contributed by atoms with van der Waals surface area (Å²) < 4.78 is 5.76. The predicted molar refractivity (Wildman–Crippen MR) is 77.1 cm³/mol. The zero-order valence-electron chi connectivity index (χ0n) is 12.6. The van der Waals surface area contributed by atoms with Crippen molar-refractivity contribution in [1.29, 1.82) is 0 Å². The second-order valence-corrected chi connectivity index (χ2v) is 5.98. The van der Waals surface area contributed by atoms with Gasteiger partial charge < -0.3 is 19.9 Å². The number of hydrogen-bond acceptors (Lipinski definition) is 4. The van der Waals surface area contributed by atoms with E-state index in [9.17, 15) is 0 Å². The highest BCUT2D eigenvalue weighted by atomic mass is 16.5. The number of nitrogens with zero attached hydrogens (tertiary/aromatic N) is 2. The Kier molecular flexibility index (Phi) is 7.82. The molecule has 1 heterocycles. The minimum Gasteiger partial charge on any atom is -0.376 e. The van der Waals surface area contributed by atoms with Crippen LogP contribution in [-0.4, -0.2) is 75.9 Å². The molecule has 0 aliphatic carbocycles. The van der Waals surface area contributed by atoms with Crippen LogP contribution in [0.5, 0.6) is 0 Å². The molecule has 0 aromatic rings. The van der Waals surface area contributed by atoms with Gasteiger partial charge in [0.2, 0.25) is 0 Å². The first-order chi connectivity index (χ1) is 8.58. The summed E-state index contributed by atoms with van der Waals surface area (Å²) in [5.74, 6) is 0.734. The second kappa shape index (κ2) is 8.86. The third-order valence-corrected chi connectivity index (χ3v) is 3.26. The lowest BCUT2D eigenvalue weighted by Gasteiger charge is -2.29. The van der Waals surface area contributed by atoms with Gasteiger partial charge in [0.25, 0.3) is 0 Å². The molecule has 0 aromatic heterocycles. The van der Waals surface area contributed by atoms with Crippen LogP contribution in [0.3, 0.4) is 0 Å². The molecule has 0 amide bonds. The van der Waals surface area contributed by atoms with Crippen molar-refractivity contribution in [2.45, 2.75) is 26.4 Å². The lowest BCUT2D eigenvalue weighted by molar-refractivity contribution is 0.0164. The van der Waals surface area contributed by atoms with Gasteiger partial charge in [-0.25, -0.2) is 0 Å². The van der Waals surface area contributed by atoms with Crippen LogP contribution in [0.4, 0.5) is 0 Å². The number of hydrogen-bond donors (Lipinski definition) is 1. The van der Waals surface area contributed by atoms with Crippen LogP contribution in [0.2, 0.25) is 0 Å². The summed E-state index contributed by atoms with van der Waals surface area (Å²) in [7, 11) is 4.28. The van der Waals surface area contributed by atoms with E-state index < -0.39 is 0 Å².